The van der Waals surface area contributed by atoms with E-state index in [-0.39, 0.29) is 5.41 Å². The summed E-state index contributed by atoms with van der Waals surface area (Å²) in [5, 5.41) is 6.80. The highest BCUT2D eigenvalue weighted by Gasteiger charge is 2.44. The average Bonchev–Trinajstić information content (AvgIpc) is 3.53. The molecule has 2 N–H and O–H groups in total. The average molecular weight is 383 g/mol. The van der Waals surface area contributed by atoms with Crippen molar-refractivity contribution in [3.63, 3.8) is 0 Å². The molecule has 0 saturated heterocycles. The molecule has 1 aliphatic rings. The molecular formula is C22H29N3O3. The SMILES string of the molecule is CCOc1cc(NC(=NC)NCC2(c3ccc(OC)cc3)CC2)ccc1OC. The van der Waals surface area contributed by atoms with Crippen LogP contribution in [0.3, 0.4) is 0 Å². The van der Waals surface area contributed by atoms with Crippen molar-refractivity contribution in [3.8, 4) is 17.2 Å². The Hall–Kier alpha value is -2.89. The van der Waals surface area contributed by atoms with Gasteiger partial charge in [-0.25, -0.2) is 0 Å². The molecule has 1 aliphatic carbocycles. The molecule has 1 fully saturated rings. The molecular weight excluding hydrogens is 354 g/mol. The van der Waals surface area contributed by atoms with Crippen molar-refractivity contribution in [1.29, 1.82) is 0 Å². The van der Waals surface area contributed by atoms with Crippen LogP contribution in [0.2, 0.25) is 0 Å². The third-order valence-corrected chi connectivity index (χ3v) is 5.10. The van der Waals surface area contributed by atoms with E-state index in [0.717, 1.165) is 23.9 Å². The Kier molecular flexibility index (Phi) is 6.29. The van der Waals surface area contributed by atoms with Crippen molar-refractivity contribution in [2.45, 2.75) is 25.2 Å². The topological polar surface area (TPSA) is 64.1 Å². The van der Waals surface area contributed by atoms with Gasteiger partial charge in [0.25, 0.3) is 0 Å². The van der Waals surface area contributed by atoms with Crippen LogP contribution in [-0.4, -0.2) is 40.4 Å². The minimum atomic E-state index is 0.167. The van der Waals surface area contributed by atoms with Gasteiger partial charge in [0.05, 0.1) is 20.8 Å². The number of hydrogen-bond acceptors (Lipinski definition) is 4. The first-order chi connectivity index (χ1) is 13.6. The Morgan fingerprint density at radius 2 is 1.79 bits per heavy atom. The van der Waals surface area contributed by atoms with Gasteiger partial charge in [0.15, 0.2) is 17.5 Å². The molecule has 0 amide bonds. The predicted octanol–water partition coefficient (Wildman–Crippen LogP) is 3.82. The van der Waals surface area contributed by atoms with E-state index in [0.29, 0.717) is 18.1 Å². The lowest BCUT2D eigenvalue weighted by atomic mass is 9.96. The smallest absolute Gasteiger partial charge is 0.195 e. The zero-order valence-corrected chi connectivity index (χ0v) is 17.0. The molecule has 28 heavy (non-hydrogen) atoms. The monoisotopic (exact) mass is 383 g/mol. The van der Waals surface area contributed by atoms with E-state index in [1.165, 1.54) is 18.4 Å². The van der Waals surface area contributed by atoms with Gasteiger partial charge in [0.2, 0.25) is 0 Å². The predicted molar refractivity (Wildman–Crippen MR) is 113 cm³/mol. The summed E-state index contributed by atoms with van der Waals surface area (Å²) in [5.74, 6) is 3.04. The highest BCUT2D eigenvalue weighted by atomic mass is 16.5. The number of nitrogens with zero attached hydrogens (tertiary/aromatic N) is 1. The number of methoxy groups -OCH3 is 2. The summed E-state index contributed by atoms with van der Waals surface area (Å²) < 4.78 is 16.3. The maximum Gasteiger partial charge on any atom is 0.195 e. The second-order valence-corrected chi connectivity index (χ2v) is 6.86. The van der Waals surface area contributed by atoms with Gasteiger partial charge < -0.3 is 24.8 Å². The number of nitrogens with one attached hydrogen (secondary N) is 2. The Labute approximate surface area is 166 Å². The van der Waals surface area contributed by atoms with E-state index in [2.05, 4.69) is 27.8 Å². The van der Waals surface area contributed by atoms with Gasteiger partial charge >= 0.3 is 0 Å². The quantitative estimate of drug-likeness (QED) is 0.536. The summed E-state index contributed by atoms with van der Waals surface area (Å²) in [7, 11) is 5.10. The number of aliphatic imine (C=N–C) groups is 1. The fourth-order valence-electron chi connectivity index (χ4n) is 3.25. The van der Waals surface area contributed by atoms with Crippen LogP contribution >= 0.6 is 0 Å². The Morgan fingerprint density at radius 1 is 1.04 bits per heavy atom. The van der Waals surface area contributed by atoms with Gasteiger partial charge in [-0.1, -0.05) is 12.1 Å². The summed E-state index contributed by atoms with van der Waals surface area (Å²) >= 11 is 0. The summed E-state index contributed by atoms with van der Waals surface area (Å²) in [6, 6.07) is 14.1. The molecule has 0 spiro atoms. The van der Waals surface area contributed by atoms with Crippen LogP contribution in [0.5, 0.6) is 17.2 Å². The zero-order valence-electron chi connectivity index (χ0n) is 17.0. The lowest BCUT2D eigenvalue weighted by Crippen LogP contribution is -2.36. The molecule has 0 atom stereocenters. The number of ether oxygens (including phenoxy) is 3. The normalized spacial score (nSPS) is 14.9. The number of rotatable bonds is 8. The minimum absolute atomic E-state index is 0.167. The lowest BCUT2D eigenvalue weighted by molar-refractivity contribution is 0.311. The molecule has 0 bridgehead atoms. The molecule has 3 rings (SSSR count). The number of hydrogen-bond donors (Lipinski definition) is 2. The first-order valence-electron chi connectivity index (χ1n) is 9.57. The maximum absolute atomic E-state index is 5.65. The summed E-state index contributed by atoms with van der Waals surface area (Å²) in [6.07, 6.45) is 2.33. The van der Waals surface area contributed by atoms with E-state index >= 15 is 0 Å². The van der Waals surface area contributed by atoms with Crippen LogP contribution in [0.4, 0.5) is 5.69 Å². The highest BCUT2D eigenvalue weighted by molar-refractivity contribution is 5.94. The van der Waals surface area contributed by atoms with Crippen LogP contribution in [-0.2, 0) is 5.41 Å². The van der Waals surface area contributed by atoms with Crippen molar-refractivity contribution in [2.75, 3.05) is 39.7 Å². The highest BCUT2D eigenvalue weighted by Crippen LogP contribution is 2.47. The molecule has 1 saturated carbocycles. The van der Waals surface area contributed by atoms with Crippen LogP contribution in [0.25, 0.3) is 0 Å². The third kappa shape index (κ3) is 4.50. The van der Waals surface area contributed by atoms with Crippen molar-refractivity contribution < 1.29 is 14.2 Å². The first kappa shape index (κ1) is 19.9. The van der Waals surface area contributed by atoms with Crippen LogP contribution < -0.4 is 24.8 Å². The largest absolute Gasteiger partial charge is 0.497 e. The second kappa shape index (κ2) is 8.87. The van der Waals surface area contributed by atoms with Crippen LogP contribution in [0, 0.1) is 0 Å². The van der Waals surface area contributed by atoms with Gasteiger partial charge in [-0.15, -0.1) is 0 Å². The summed E-state index contributed by atoms with van der Waals surface area (Å²) in [5.41, 5.74) is 2.39. The first-order valence-corrected chi connectivity index (χ1v) is 9.57. The molecule has 0 unspecified atom stereocenters. The molecule has 0 heterocycles. The van der Waals surface area contributed by atoms with Gasteiger partial charge in [-0.2, -0.15) is 0 Å². The van der Waals surface area contributed by atoms with Crippen molar-refractivity contribution >= 4 is 11.6 Å². The van der Waals surface area contributed by atoms with E-state index in [1.807, 2.05) is 37.3 Å². The van der Waals surface area contributed by atoms with E-state index in [4.69, 9.17) is 14.2 Å². The zero-order chi connectivity index (χ0) is 20.0. The van der Waals surface area contributed by atoms with Crippen molar-refractivity contribution in [1.82, 2.24) is 5.32 Å². The van der Waals surface area contributed by atoms with Crippen molar-refractivity contribution in [2.24, 2.45) is 4.99 Å². The molecule has 0 radical (unpaired) electrons. The third-order valence-electron chi connectivity index (χ3n) is 5.10. The molecule has 150 valence electrons. The molecule has 6 heteroatoms. The maximum atomic E-state index is 5.65. The number of guanidine groups is 1. The summed E-state index contributed by atoms with van der Waals surface area (Å²) in [6.45, 7) is 3.36. The van der Waals surface area contributed by atoms with Gasteiger partial charge in [-0.05, 0) is 49.6 Å². The fraction of sp³-hybridized carbons (Fsp3) is 0.409. The van der Waals surface area contributed by atoms with Gasteiger partial charge in [0.1, 0.15) is 5.75 Å². The van der Waals surface area contributed by atoms with E-state index in [9.17, 15) is 0 Å². The van der Waals surface area contributed by atoms with Crippen LogP contribution in [0.15, 0.2) is 47.5 Å². The Morgan fingerprint density at radius 3 is 2.36 bits per heavy atom. The van der Waals surface area contributed by atoms with Crippen molar-refractivity contribution in [3.05, 3.63) is 48.0 Å². The van der Waals surface area contributed by atoms with Gasteiger partial charge in [-0.3, -0.25) is 4.99 Å². The molecule has 0 aliphatic heterocycles. The molecule has 2 aromatic rings. The minimum Gasteiger partial charge on any atom is -0.497 e. The number of anilines is 1. The molecule has 2 aromatic carbocycles. The van der Waals surface area contributed by atoms with Crippen LogP contribution in [0.1, 0.15) is 25.3 Å². The van der Waals surface area contributed by atoms with E-state index < -0.39 is 0 Å². The summed E-state index contributed by atoms with van der Waals surface area (Å²) in [4.78, 5) is 4.36. The second-order valence-electron chi connectivity index (χ2n) is 6.86. The fourth-order valence-corrected chi connectivity index (χ4v) is 3.25. The number of benzene rings is 2. The molecule has 6 nitrogen and oxygen atoms in total. The standard InChI is InChI=1S/C22H29N3O3/c1-5-28-20-14-17(8-11-19(20)27-4)25-21(23-2)24-15-22(12-13-22)16-6-9-18(26-3)10-7-16/h6-11,14H,5,12-13,15H2,1-4H3,(H2,23,24,25). The Bertz CT molecular complexity index is 814. The lowest BCUT2D eigenvalue weighted by Gasteiger charge is -2.20. The van der Waals surface area contributed by atoms with E-state index in [1.54, 1.807) is 21.3 Å². The van der Waals surface area contributed by atoms with Gasteiger partial charge in [0, 0.05) is 30.8 Å². The molecule has 0 aromatic heterocycles. The Balaban J connectivity index is 1.64.